The van der Waals surface area contributed by atoms with Gasteiger partial charge in [0, 0.05) is 37.7 Å². The third-order valence-electron chi connectivity index (χ3n) is 6.98. The van der Waals surface area contributed by atoms with Crippen molar-refractivity contribution >= 4 is 22.7 Å². The van der Waals surface area contributed by atoms with Crippen LogP contribution in [-0.4, -0.2) is 63.9 Å². The van der Waals surface area contributed by atoms with Gasteiger partial charge in [0.2, 0.25) is 5.91 Å². The summed E-state index contributed by atoms with van der Waals surface area (Å²) in [5.41, 5.74) is 0.800. The summed E-state index contributed by atoms with van der Waals surface area (Å²) in [6.07, 6.45) is 2.88. The van der Waals surface area contributed by atoms with Gasteiger partial charge in [-0.1, -0.05) is 12.1 Å². The minimum Gasteiger partial charge on any atom is -0.376 e. The van der Waals surface area contributed by atoms with Crippen molar-refractivity contribution in [2.45, 2.75) is 38.3 Å². The average Bonchev–Trinajstić information content (AvgIpc) is 3.41. The van der Waals surface area contributed by atoms with E-state index in [-0.39, 0.29) is 41.8 Å². The zero-order valence-electron chi connectivity index (χ0n) is 20.0. The quantitative estimate of drug-likeness (QED) is 0.571. The van der Waals surface area contributed by atoms with Crippen LogP contribution in [-0.2, 0) is 16.1 Å². The summed E-state index contributed by atoms with van der Waals surface area (Å²) < 4.78 is 19.0. The van der Waals surface area contributed by atoms with E-state index in [1.54, 1.807) is 28.0 Å². The molecule has 2 fully saturated rings. The van der Waals surface area contributed by atoms with Gasteiger partial charge >= 0.3 is 0 Å². The molecule has 3 heterocycles. The Labute approximate surface area is 208 Å². The van der Waals surface area contributed by atoms with E-state index in [0.29, 0.717) is 61.4 Å². The van der Waals surface area contributed by atoms with Gasteiger partial charge in [-0.25, -0.2) is 9.37 Å². The monoisotopic (exact) mass is 492 g/mol. The number of benzene rings is 2. The van der Waals surface area contributed by atoms with Gasteiger partial charge in [-0.15, -0.1) is 0 Å². The van der Waals surface area contributed by atoms with Crippen LogP contribution < -0.4 is 5.56 Å². The van der Waals surface area contributed by atoms with Crippen molar-refractivity contribution in [2.24, 2.45) is 5.92 Å². The Bertz CT molecular complexity index is 1300. The summed E-state index contributed by atoms with van der Waals surface area (Å²) in [5.74, 6) is -0.362. The molecular weight excluding hydrogens is 463 g/mol. The molecule has 0 bridgehead atoms. The van der Waals surface area contributed by atoms with E-state index < -0.39 is 0 Å². The Balaban J connectivity index is 1.29. The van der Waals surface area contributed by atoms with E-state index in [1.165, 1.54) is 24.3 Å². The SMILES string of the molecule is O=C(c1ccc(F)cc1)N1CCC(C(=O)N(Cc2nc3ccccc3c(=O)[nH]2)C[C@H]2CCCO2)CC1. The number of amides is 2. The third kappa shape index (κ3) is 5.31. The van der Waals surface area contributed by atoms with Crippen LogP contribution in [0.3, 0.4) is 0 Å². The maximum absolute atomic E-state index is 13.6. The molecule has 2 aliphatic rings. The lowest BCUT2D eigenvalue weighted by Crippen LogP contribution is -2.46. The van der Waals surface area contributed by atoms with Crippen molar-refractivity contribution in [3.05, 3.63) is 76.1 Å². The molecule has 36 heavy (non-hydrogen) atoms. The molecule has 0 saturated carbocycles. The Kier molecular flexibility index (Phi) is 7.09. The minimum absolute atomic E-state index is 0.0183. The Morgan fingerprint density at radius 3 is 2.56 bits per heavy atom. The van der Waals surface area contributed by atoms with Gasteiger partial charge in [0.15, 0.2) is 0 Å². The van der Waals surface area contributed by atoms with Gasteiger partial charge in [-0.3, -0.25) is 14.4 Å². The predicted octanol–water partition coefficient (Wildman–Crippen LogP) is 3.12. The normalized spacial score (nSPS) is 18.5. The topological polar surface area (TPSA) is 95.6 Å². The molecule has 3 aromatic rings. The van der Waals surface area contributed by atoms with Crippen molar-refractivity contribution < 1.29 is 18.7 Å². The van der Waals surface area contributed by atoms with Crippen molar-refractivity contribution in [1.29, 1.82) is 0 Å². The molecule has 2 aliphatic heterocycles. The fraction of sp³-hybridized carbons (Fsp3) is 0.407. The second kappa shape index (κ2) is 10.6. The van der Waals surface area contributed by atoms with Crippen LogP contribution in [0, 0.1) is 11.7 Å². The number of rotatable bonds is 6. The number of hydrogen-bond acceptors (Lipinski definition) is 5. The first-order valence-electron chi connectivity index (χ1n) is 12.4. The summed E-state index contributed by atoms with van der Waals surface area (Å²) in [4.78, 5) is 49.8. The number of para-hydroxylation sites is 1. The number of likely N-dealkylation sites (tertiary alicyclic amines) is 1. The lowest BCUT2D eigenvalue weighted by Gasteiger charge is -2.35. The third-order valence-corrected chi connectivity index (χ3v) is 6.98. The molecule has 0 radical (unpaired) electrons. The lowest BCUT2D eigenvalue weighted by atomic mass is 9.94. The molecule has 2 aromatic carbocycles. The molecule has 5 rings (SSSR count). The molecule has 0 unspecified atom stereocenters. The van der Waals surface area contributed by atoms with Gasteiger partial charge in [-0.2, -0.15) is 0 Å². The zero-order valence-corrected chi connectivity index (χ0v) is 20.0. The molecule has 1 aromatic heterocycles. The number of aromatic nitrogens is 2. The number of nitrogens with zero attached hydrogens (tertiary/aromatic N) is 3. The summed E-state index contributed by atoms with van der Waals surface area (Å²) in [5, 5.41) is 0.511. The second-order valence-electron chi connectivity index (χ2n) is 9.46. The van der Waals surface area contributed by atoms with E-state index in [4.69, 9.17) is 4.74 Å². The second-order valence-corrected chi connectivity index (χ2v) is 9.46. The molecule has 1 atom stereocenters. The summed E-state index contributed by atoms with van der Waals surface area (Å²) >= 11 is 0. The Morgan fingerprint density at radius 2 is 1.83 bits per heavy atom. The van der Waals surface area contributed by atoms with E-state index in [1.807, 2.05) is 6.07 Å². The van der Waals surface area contributed by atoms with E-state index in [9.17, 15) is 18.8 Å². The van der Waals surface area contributed by atoms with E-state index in [0.717, 1.165) is 12.8 Å². The Morgan fingerprint density at radius 1 is 1.08 bits per heavy atom. The van der Waals surface area contributed by atoms with Gasteiger partial charge in [-0.05, 0) is 62.1 Å². The molecule has 0 spiro atoms. The van der Waals surface area contributed by atoms with Crippen molar-refractivity contribution in [1.82, 2.24) is 19.8 Å². The lowest BCUT2D eigenvalue weighted by molar-refractivity contribution is -0.139. The molecule has 2 amide bonds. The van der Waals surface area contributed by atoms with Crippen LogP contribution in [0.1, 0.15) is 41.9 Å². The fourth-order valence-corrected chi connectivity index (χ4v) is 5.02. The summed E-state index contributed by atoms with van der Waals surface area (Å²) in [6, 6.07) is 12.6. The van der Waals surface area contributed by atoms with Gasteiger partial charge in [0.25, 0.3) is 11.5 Å². The van der Waals surface area contributed by atoms with Gasteiger partial charge in [0.1, 0.15) is 11.6 Å². The highest BCUT2D eigenvalue weighted by atomic mass is 19.1. The van der Waals surface area contributed by atoms with Crippen LogP contribution in [0.5, 0.6) is 0 Å². The first-order chi connectivity index (χ1) is 17.5. The molecule has 0 aliphatic carbocycles. The number of hydrogen-bond donors (Lipinski definition) is 1. The molecule has 1 N–H and O–H groups in total. The summed E-state index contributed by atoms with van der Waals surface area (Å²) in [6.45, 7) is 2.20. The number of carbonyl (C=O) groups is 2. The molecular formula is C27H29FN4O4. The average molecular weight is 493 g/mol. The highest BCUT2D eigenvalue weighted by molar-refractivity contribution is 5.94. The standard InChI is InChI=1S/C27H29FN4O4/c28-20-9-7-18(8-10-20)26(34)31-13-11-19(12-14-31)27(35)32(16-21-4-3-15-36-21)17-24-29-23-6-2-1-5-22(23)25(33)30-24/h1-2,5-10,19,21H,3-4,11-17H2,(H,29,30,33)/t21-/m1/s1. The van der Waals surface area contributed by atoms with Crippen LogP contribution in [0.2, 0.25) is 0 Å². The van der Waals surface area contributed by atoms with Crippen LogP contribution in [0.4, 0.5) is 4.39 Å². The highest BCUT2D eigenvalue weighted by Crippen LogP contribution is 2.24. The maximum Gasteiger partial charge on any atom is 0.258 e. The molecule has 8 nitrogen and oxygen atoms in total. The smallest absolute Gasteiger partial charge is 0.258 e. The highest BCUT2D eigenvalue weighted by Gasteiger charge is 2.32. The molecule has 9 heteroatoms. The first-order valence-corrected chi connectivity index (χ1v) is 12.4. The number of ether oxygens (including phenoxy) is 1. The number of nitrogens with one attached hydrogen (secondary N) is 1. The number of piperidine rings is 1. The molecule has 2 saturated heterocycles. The minimum atomic E-state index is -0.385. The number of carbonyl (C=O) groups excluding carboxylic acids is 2. The number of fused-ring (bicyclic) bond motifs is 1. The number of halogens is 1. The Hall–Kier alpha value is -3.59. The van der Waals surface area contributed by atoms with Crippen LogP contribution in [0.25, 0.3) is 10.9 Å². The number of H-pyrrole nitrogens is 1. The van der Waals surface area contributed by atoms with Crippen molar-refractivity contribution in [2.75, 3.05) is 26.2 Å². The van der Waals surface area contributed by atoms with Gasteiger partial charge in [0.05, 0.1) is 23.6 Å². The summed E-state index contributed by atoms with van der Waals surface area (Å²) in [7, 11) is 0. The van der Waals surface area contributed by atoms with Crippen molar-refractivity contribution in [3.8, 4) is 0 Å². The fourth-order valence-electron chi connectivity index (χ4n) is 5.02. The predicted molar refractivity (Wildman–Crippen MR) is 132 cm³/mol. The van der Waals surface area contributed by atoms with Gasteiger partial charge < -0.3 is 19.5 Å². The first kappa shape index (κ1) is 24.1. The van der Waals surface area contributed by atoms with Crippen LogP contribution in [0.15, 0.2) is 53.3 Å². The number of aromatic amines is 1. The van der Waals surface area contributed by atoms with Crippen molar-refractivity contribution in [3.63, 3.8) is 0 Å². The van der Waals surface area contributed by atoms with Crippen LogP contribution >= 0.6 is 0 Å². The van der Waals surface area contributed by atoms with E-state index >= 15 is 0 Å². The largest absolute Gasteiger partial charge is 0.376 e. The maximum atomic E-state index is 13.6. The zero-order chi connectivity index (χ0) is 25.1. The molecule has 188 valence electrons. The van der Waals surface area contributed by atoms with E-state index in [2.05, 4.69) is 9.97 Å².